The molecule has 0 aliphatic carbocycles. The van der Waals surface area contributed by atoms with Gasteiger partial charge in [0, 0.05) is 6.07 Å². The highest BCUT2D eigenvalue weighted by molar-refractivity contribution is 5.95. The van der Waals surface area contributed by atoms with Crippen LogP contribution in [0.2, 0.25) is 0 Å². The molecule has 0 bridgehead atoms. The summed E-state index contributed by atoms with van der Waals surface area (Å²) in [5.74, 6) is 0.486. The van der Waals surface area contributed by atoms with E-state index in [0.717, 1.165) is 0 Å². The minimum absolute atomic E-state index is 0.161. The second-order valence-corrected chi connectivity index (χ2v) is 6.72. The zero-order valence-corrected chi connectivity index (χ0v) is 14.1. The summed E-state index contributed by atoms with van der Waals surface area (Å²) < 4.78 is 17.1. The van der Waals surface area contributed by atoms with E-state index in [-0.39, 0.29) is 22.1 Å². The van der Waals surface area contributed by atoms with Crippen molar-refractivity contribution in [3.63, 3.8) is 0 Å². The molecular formula is C19H18O6. The molecule has 2 heterocycles. The van der Waals surface area contributed by atoms with E-state index in [1.54, 1.807) is 44.2 Å². The zero-order valence-electron chi connectivity index (χ0n) is 14.1. The highest BCUT2D eigenvalue weighted by atomic mass is 16.5. The highest BCUT2D eigenvalue weighted by Crippen LogP contribution is 2.47. The smallest absolute Gasteiger partial charge is 0.204 e. The van der Waals surface area contributed by atoms with E-state index in [2.05, 4.69) is 0 Å². The third-order valence-corrected chi connectivity index (χ3v) is 4.71. The van der Waals surface area contributed by atoms with Gasteiger partial charge < -0.3 is 24.1 Å². The molecule has 130 valence electrons. The van der Waals surface area contributed by atoms with Crippen LogP contribution in [0.4, 0.5) is 0 Å². The van der Waals surface area contributed by atoms with Gasteiger partial charge >= 0.3 is 0 Å². The molecule has 0 unspecified atom stereocenters. The molecule has 6 heteroatoms. The fraction of sp³-hybridized carbons (Fsp3) is 0.316. The number of fused-ring (bicyclic) bond motifs is 3. The van der Waals surface area contributed by atoms with Crippen LogP contribution >= 0.6 is 0 Å². The Labute approximate surface area is 143 Å². The first-order chi connectivity index (χ1) is 11.8. The summed E-state index contributed by atoms with van der Waals surface area (Å²) in [7, 11) is 1.41. The number of rotatable bonds is 1. The number of para-hydroxylation sites is 1. The minimum atomic E-state index is -1.25. The van der Waals surface area contributed by atoms with Gasteiger partial charge in [0.25, 0.3) is 0 Å². The second-order valence-electron chi connectivity index (χ2n) is 6.72. The molecule has 0 amide bonds. The summed E-state index contributed by atoms with van der Waals surface area (Å²) in [6.45, 7) is 3.36. The van der Waals surface area contributed by atoms with Crippen LogP contribution in [0.25, 0.3) is 21.9 Å². The molecule has 1 aromatic heterocycles. The molecule has 0 spiro atoms. The lowest BCUT2D eigenvalue weighted by atomic mass is 9.87. The molecule has 2 N–H and O–H groups in total. The van der Waals surface area contributed by atoms with Crippen LogP contribution in [-0.2, 0) is 0 Å². The molecule has 0 saturated carbocycles. The minimum Gasteiger partial charge on any atom is -0.495 e. The number of hydrogen-bond acceptors (Lipinski definition) is 6. The van der Waals surface area contributed by atoms with E-state index < -0.39 is 17.8 Å². The molecule has 25 heavy (non-hydrogen) atoms. The largest absolute Gasteiger partial charge is 0.495 e. The number of hydrogen-bond donors (Lipinski definition) is 2. The monoisotopic (exact) mass is 342 g/mol. The van der Waals surface area contributed by atoms with Gasteiger partial charge in [-0.25, -0.2) is 0 Å². The Morgan fingerprint density at radius 2 is 1.88 bits per heavy atom. The van der Waals surface area contributed by atoms with Crippen LogP contribution in [-0.4, -0.2) is 29.0 Å². The van der Waals surface area contributed by atoms with Crippen molar-refractivity contribution in [3.05, 3.63) is 46.1 Å². The topological polar surface area (TPSA) is 89.1 Å². The normalized spacial score (nSPS) is 21.8. The maximum Gasteiger partial charge on any atom is 0.204 e. The Bertz CT molecular complexity index is 1050. The number of methoxy groups -OCH3 is 1. The van der Waals surface area contributed by atoms with Gasteiger partial charge in [0.1, 0.15) is 45.9 Å². The van der Waals surface area contributed by atoms with E-state index in [1.165, 1.54) is 7.11 Å². The Hall–Kier alpha value is -2.57. The van der Waals surface area contributed by atoms with Gasteiger partial charge in [0.15, 0.2) is 0 Å². The summed E-state index contributed by atoms with van der Waals surface area (Å²) in [5.41, 5.74) is -0.244. The number of aliphatic hydroxyl groups excluding tert-OH is 2. The molecule has 4 rings (SSSR count). The van der Waals surface area contributed by atoms with Crippen molar-refractivity contribution in [1.29, 1.82) is 0 Å². The SMILES string of the molecule is COc1c2c(cc3oc4ccccc4c(=O)c13)OC(C)(C)[C@H](O)[C@@H]2O. The molecule has 1 aliphatic rings. The molecule has 0 saturated heterocycles. The van der Waals surface area contributed by atoms with Crippen molar-refractivity contribution in [1.82, 2.24) is 0 Å². The Kier molecular flexibility index (Phi) is 3.32. The van der Waals surface area contributed by atoms with Gasteiger partial charge in [0.2, 0.25) is 5.43 Å². The summed E-state index contributed by atoms with van der Waals surface area (Å²) in [6.07, 6.45) is -2.41. The third-order valence-electron chi connectivity index (χ3n) is 4.71. The maximum atomic E-state index is 12.9. The van der Waals surface area contributed by atoms with Crippen LogP contribution in [0.15, 0.2) is 39.5 Å². The van der Waals surface area contributed by atoms with E-state index >= 15 is 0 Å². The quantitative estimate of drug-likeness (QED) is 0.661. The highest BCUT2D eigenvalue weighted by Gasteiger charge is 2.44. The standard InChI is InChI=1S/C19H18O6/c1-19(2)18(22)16(21)14-12(25-19)8-11-13(17(14)23-3)15(20)9-6-4-5-7-10(9)24-11/h4-8,16,18,21-22H,1-3H3/t16-,18-/m1/s1. The fourth-order valence-electron chi connectivity index (χ4n) is 3.38. The molecule has 6 nitrogen and oxygen atoms in total. The van der Waals surface area contributed by atoms with Crippen LogP contribution in [0.5, 0.6) is 11.5 Å². The van der Waals surface area contributed by atoms with Gasteiger partial charge in [-0.1, -0.05) is 12.1 Å². The average Bonchev–Trinajstić information content (AvgIpc) is 2.58. The van der Waals surface area contributed by atoms with Crippen LogP contribution < -0.4 is 14.9 Å². The van der Waals surface area contributed by atoms with Crippen molar-refractivity contribution in [3.8, 4) is 11.5 Å². The first-order valence-electron chi connectivity index (χ1n) is 7.96. The molecule has 2 atom stereocenters. The van der Waals surface area contributed by atoms with E-state index in [9.17, 15) is 15.0 Å². The molecular weight excluding hydrogens is 324 g/mol. The molecule has 0 radical (unpaired) electrons. The number of benzene rings is 2. The predicted octanol–water partition coefficient (Wildman–Crippen LogP) is 2.52. The van der Waals surface area contributed by atoms with Crippen LogP contribution in [0, 0.1) is 0 Å². The molecule has 3 aromatic rings. The summed E-state index contributed by atoms with van der Waals surface area (Å²) >= 11 is 0. The van der Waals surface area contributed by atoms with Crippen LogP contribution in [0.1, 0.15) is 25.5 Å². The average molecular weight is 342 g/mol. The molecule has 1 aliphatic heterocycles. The second kappa shape index (κ2) is 5.21. The lowest BCUT2D eigenvalue weighted by Crippen LogP contribution is -2.48. The van der Waals surface area contributed by atoms with Gasteiger partial charge in [0.05, 0.1) is 18.1 Å². The summed E-state index contributed by atoms with van der Waals surface area (Å²) in [5, 5.41) is 21.6. The maximum absolute atomic E-state index is 12.9. The number of aliphatic hydroxyl groups is 2. The first-order valence-corrected chi connectivity index (χ1v) is 7.96. The van der Waals surface area contributed by atoms with E-state index in [0.29, 0.717) is 22.3 Å². The van der Waals surface area contributed by atoms with E-state index in [4.69, 9.17) is 13.9 Å². The van der Waals surface area contributed by atoms with Crippen LogP contribution in [0.3, 0.4) is 0 Å². The van der Waals surface area contributed by atoms with Crippen molar-refractivity contribution >= 4 is 21.9 Å². The predicted molar refractivity (Wildman–Crippen MR) is 92.2 cm³/mol. The summed E-state index contributed by atoms with van der Waals surface area (Å²) in [4.78, 5) is 12.9. The Morgan fingerprint density at radius 3 is 2.60 bits per heavy atom. The summed E-state index contributed by atoms with van der Waals surface area (Å²) in [6, 6.07) is 8.49. The number of ether oxygens (including phenoxy) is 2. The molecule has 2 aromatic carbocycles. The molecule has 0 fully saturated rings. The van der Waals surface area contributed by atoms with Crippen molar-refractivity contribution in [2.45, 2.75) is 31.7 Å². The van der Waals surface area contributed by atoms with Crippen molar-refractivity contribution < 1.29 is 24.1 Å². The zero-order chi connectivity index (χ0) is 17.9. The van der Waals surface area contributed by atoms with Gasteiger partial charge in [-0.05, 0) is 26.0 Å². The fourth-order valence-corrected chi connectivity index (χ4v) is 3.38. The lowest BCUT2D eigenvalue weighted by molar-refractivity contribution is -0.112. The van der Waals surface area contributed by atoms with Gasteiger partial charge in [-0.3, -0.25) is 4.79 Å². The Morgan fingerprint density at radius 1 is 1.16 bits per heavy atom. The van der Waals surface area contributed by atoms with E-state index in [1.807, 2.05) is 0 Å². The van der Waals surface area contributed by atoms with Gasteiger partial charge in [-0.2, -0.15) is 0 Å². The third kappa shape index (κ3) is 2.14. The van der Waals surface area contributed by atoms with Gasteiger partial charge in [-0.15, -0.1) is 0 Å². The lowest BCUT2D eigenvalue weighted by Gasteiger charge is -2.40. The van der Waals surface area contributed by atoms with Crippen molar-refractivity contribution in [2.75, 3.05) is 7.11 Å². The van der Waals surface area contributed by atoms with Crippen molar-refractivity contribution in [2.24, 2.45) is 0 Å². The first kappa shape index (κ1) is 15.9. The Balaban J connectivity index is 2.16.